The summed E-state index contributed by atoms with van der Waals surface area (Å²) >= 11 is 0. The molecule has 106 valence electrons. The lowest BCUT2D eigenvalue weighted by molar-refractivity contribution is -0.107. The zero-order chi connectivity index (χ0) is 14.9. The summed E-state index contributed by atoms with van der Waals surface area (Å²) in [5.74, 6) is 0.198. The summed E-state index contributed by atoms with van der Waals surface area (Å²) in [6, 6.07) is 9.68. The Bertz CT molecular complexity index is 382. The third kappa shape index (κ3) is 7.97. The molecule has 4 nitrogen and oxygen atoms in total. The molecule has 0 heterocycles. The van der Waals surface area contributed by atoms with Crippen molar-refractivity contribution < 1.29 is 19.4 Å². The first-order chi connectivity index (χ1) is 8.79. The third-order valence-corrected chi connectivity index (χ3v) is 2.90. The first kappa shape index (κ1) is 17.2. The number of carboxylic acid groups (broad SMARTS) is 1. The lowest BCUT2D eigenvalue weighted by Gasteiger charge is -2.27. The van der Waals surface area contributed by atoms with Crippen molar-refractivity contribution in [3.8, 4) is 0 Å². The number of hydrogen-bond donors (Lipinski definition) is 1. The highest BCUT2D eigenvalue weighted by molar-refractivity contribution is 5.57. The summed E-state index contributed by atoms with van der Waals surface area (Å²) in [5, 5.41) is 8.28. The summed E-state index contributed by atoms with van der Waals surface area (Å²) in [7, 11) is 0. The topological polar surface area (TPSA) is 63.6 Å². The van der Waals surface area contributed by atoms with Gasteiger partial charge in [-0.2, -0.15) is 0 Å². The van der Waals surface area contributed by atoms with E-state index < -0.39 is 11.8 Å². The van der Waals surface area contributed by atoms with E-state index in [1.54, 1.807) is 13.8 Å². The van der Waals surface area contributed by atoms with Crippen molar-refractivity contribution >= 4 is 12.4 Å². The summed E-state index contributed by atoms with van der Waals surface area (Å²) in [4.78, 5) is 20.1. The Morgan fingerprint density at radius 1 is 1.32 bits per heavy atom. The van der Waals surface area contributed by atoms with E-state index in [0.29, 0.717) is 6.42 Å². The fourth-order valence-corrected chi connectivity index (χ4v) is 1.05. The van der Waals surface area contributed by atoms with Crippen LogP contribution < -0.4 is 0 Å². The minimum atomic E-state index is -1.21. The van der Waals surface area contributed by atoms with Crippen molar-refractivity contribution in [1.82, 2.24) is 0 Å². The van der Waals surface area contributed by atoms with E-state index in [-0.39, 0.29) is 5.92 Å². The van der Waals surface area contributed by atoms with Crippen LogP contribution in [0.4, 0.5) is 4.79 Å². The van der Waals surface area contributed by atoms with Gasteiger partial charge in [-0.05, 0) is 25.3 Å². The lowest BCUT2D eigenvalue weighted by atomic mass is 9.95. The minimum Gasteiger partial charge on any atom is -0.450 e. The Morgan fingerprint density at radius 2 is 1.84 bits per heavy atom. The lowest BCUT2D eigenvalue weighted by Crippen LogP contribution is -2.33. The third-order valence-electron chi connectivity index (χ3n) is 2.90. The van der Waals surface area contributed by atoms with Crippen LogP contribution in [0.15, 0.2) is 30.3 Å². The van der Waals surface area contributed by atoms with E-state index in [4.69, 9.17) is 5.11 Å². The van der Waals surface area contributed by atoms with E-state index in [0.717, 1.165) is 11.8 Å². The van der Waals surface area contributed by atoms with E-state index >= 15 is 0 Å². The van der Waals surface area contributed by atoms with E-state index in [1.807, 2.05) is 44.2 Å². The van der Waals surface area contributed by atoms with E-state index in [1.165, 1.54) is 0 Å². The largest absolute Gasteiger partial charge is 0.506 e. The standard InChI is InChI=1S/C8H8O.C7H14O3/c9-7-6-8-4-2-1-3-5-8;1-5(2)7(3,4)10-6(8)9/h1-5,7H,6H2;5H,1-4H3,(H,8,9). The van der Waals surface area contributed by atoms with E-state index in [2.05, 4.69) is 4.74 Å². The van der Waals surface area contributed by atoms with Gasteiger partial charge >= 0.3 is 6.16 Å². The first-order valence-corrected chi connectivity index (χ1v) is 6.19. The molecule has 0 radical (unpaired) electrons. The molecule has 0 saturated carbocycles. The van der Waals surface area contributed by atoms with Crippen LogP contribution in [0.3, 0.4) is 0 Å². The Hall–Kier alpha value is -1.84. The SMILES string of the molecule is CC(C)C(C)(C)OC(=O)O.O=CCc1ccccc1. The molecule has 0 spiro atoms. The molecule has 0 aliphatic rings. The highest BCUT2D eigenvalue weighted by Gasteiger charge is 2.26. The molecule has 1 aromatic rings. The van der Waals surface area contributed by atoms with Gasteiger partial charge in [0, 0.05) is 6.42 Å². The molecule has 1 aromatic carbocycles. The average molecular weight is 266 g/mol. The van der Waals surface area contributed by atoms with Gasteiger partial charge in [0.25, 0.3) is 0 Å². The molecule has 0 aromatic heterocycles. The molecule has 0 bridgehead atoms. The summed E-state index contributed by atoms with van der Waals surface area (Å²) in [6.07, 6.45) is 0.231. The Kier molecular flexibility index (Phi) is 7.49. The maximum absolute atomic E-state index is 10.1. The second-order valence-corrected chi connectivity index (χ2v) is 4.98. The second-order valence-electron chi connectivity index (χ2n) is 4.98. The van der Waals surface area contributed by atoms with E-state index in [9.17, 15) is 9.59 Å². The van der Waals surface area contributed by atoms with Gasteiger partial charge in [-0.3, -0.25) is 0 Å². The summed E-state index contributed by atoms with van der Waals surface area (Å²) in [6.45, 7) is 7.35. The molecule has 1 rings (SSSR count). The summed E-state index contributed by atoms with van der Waals surface area (Å²) in [5.41, 5.74) is 0.499. The van der Waals surface area contributed by atoms with Gasteiger partial charge in [-0.1, -0.05) is 44.2 Å². The fourth-order valence-electron chi connectivity index (χ4n) is 1.05. The van der Waals surface area contributed by atoms with Gasteiger partial charge < -0.3 is 14.6 Å². The fraction of sp³-hybridized carbons (Fsp3) is 0.467. The predicted molar refractivity (Wildman–Crippen MR) is 74.2 cm³/mol. The van der Waals surface area contributed by atoms with Crippen LogP contribution in [0, 0.1) is 5.92 Å². The zero-order valence-corrected chi connectivity index (χ0v) is 11.9. The van der Waals surface area contributed by atoms with Crippen molar-refractivity contribution in [3.05, 3.63) is 35.9 Å². The number of rotatable bonds is 4. The molecule has 19 heavy (non-hydrogen) atoms. The van der Waals surface area contributed by atoms with Gasteiger partial charge in [0.05, 0.1) is 0 Å². The van der Waals surface area contributed by atoms with Crippen LogP contribution in [0.5, 0.6) is 0 Å². The van der Waals surface area contributed by atoms with Crippen LogP contribution in [0.25, 0.3) is 0 Å². The molecule has 4 heteroatoms. The quantitative estimate of drug-likeness (QED) is 0.668. The molecule has 1 N–H and O–H groups in total. The molecular formula is C15H22O4. The predicted octanol–water partition coefficient (Wildman–Crippen LogP) is 3.54. The van der Waals surface area contributed by atoms with Crippen LogP contribution >= 0.6 is 0 Å². The number of hydrogen-bond acceptors (Lipinski definition) is 3. The minimum absolute atomic E-state index is 0.198. The van der Waals surface area contributed by atoms with Crippen LogP contribution in [0.2, 0.25) is 0 Å². The average Bonchev–Trinajstić information content (AvgIpc) is 2.29. The van der Waals surface area contributed by atoms with Gasteiger partial charge in [-0.15, -0.1) is 0 Å². The Morgan fingerprint density at radius 3 is 2.16 bits per heavy atom. The van der Waals surface area contributed by atoms with Crippen molar-refractivity contribution in [2.24, 2.45) is 5.92 Å². The number of carbonyl (C=O) groups is 2. The van der Waals surface area contributed by atoms with Crippen molar-refractivity contribution in [2.45, 2.75) is 39.7 Å². The number of benzene rings is 1. The smallest absolute Gasteiger partial charge is 0.450 e. The second kappa shape index (κ2) is 8.29. The van der Waals surface area contributed by atoms with Gasteiger partial charge in [0.2, 0.25) is 0 Å². The van der Waals surface area contributed by atoms with Crippen LogP contribution in [-0.4, -0.2) is 23.1 Å². The van der Waals surface area contributed by atoms with Crippen LogP contribution in [-0.2, 0) is 16.0 Å². The van der Waals surface area contributed by atoms with Crippen molar-refractivity contribution in [1.29, 1.82) is 0 Å². The molecular weight excluding hydrogens is 244 g/mol. The molecule has 0 aliphatic heterocycles. The van der Waals surface area contributed by atoms with Gasteiger partial charge in [0.15, 0.2) is 0 Å². The molecule has 0 atom stereocenters. The van der Waals surface area contributed by atoms with Gasteiger partial charge in [-0.25, -0.2) is 4.79 Å². The number of carbonyl (C=O) groups excluding carboxylic acids is 1. The number of ether oxygens (including phenoxy) is 1. The monoisotopic (exact) mass is 266 g/mol. The van der Waals surface area contributed by atoms with Crippen LogP contribution in [0.1, 0.15) is 33.3 Å². The Labute approximate surface area is 114 Å². The summed E-state index contributed by atoms with van der Waals surface area (Å²) < 4.78 is 4.62. The molecule has 0 unspecified atom stereocenters. The zero-order valence-electron chi connectivity index (χ0n) is 11.9. The first-order valence-electron chi connectivity index (χ1n) is 6.19. The highest BCUT2D eigenvalue weighted by atomic mass is 16.7. The normalized spacial score (nSPS) is 10.4. The molecule has 0 saturated heterocycles. The Balaban J connectivity index is 0.000000342. The molecule has 0 fully saturated rings. The maximum atomic E-state index is 10.1. The number of aldehydes is 1. The maximum Gasteiger partial charge on any atom is 0.506 e. The van der Waals surface area contributed by atoms with Crippen molar-refractivity contribution in [3.63, 3.8) is 0 Å². The van der Waals surface area contributed by atoms with Crippen molar-refractivity contribution in [2.75, 3.05) is 0 Å². The molecule has 0 amide bonds. The van der Waals surface area contributed by atoms with Gasteiger partial charge in [0.1, 0.15) is 11.9 Å². The highest BCUT2D eigenvalue weighted by Crippen LogP contribution is 2.19. The molecule has 0 aliphatic carbocycles.